The van der Waals surface area contributed by atoms with Gasteiger partial charge in [-0.25, -0.2) is 0 Å². The molecule has 114 valence electrons. The Morgan fingerprint density at radius 1 is 1.38 bits per heavy atom. The van der Waals surface area contributed by atoms with E-state index in [0.717, 1.165) is 27.7 Å². The Morgan fingerprint density at radius 3 is 2.86 bits per heavy atom. The highest BCUT2D eigenvalue weighted by atomic mass is 79.9. The summed E-state index contributed by atoms with van der Waals surface area (Å²) in [5.41, 5.74) is 2.32. The van der Waals surface area contributed by atoms with Crippen molar-refractivity contribution < 1.29 is 4.74 Å². The van der Waals surface area contributed by atoms with E-state index in [4.69, 9.17) is 4.74 Å². The summed E-state index contributed by atoms with van der Waals surface area (Å²) in [7, 11) is 1.70. The van der Waals surface area contributed by atoms with Crippen molar-refractivity contribution in [1.82, 2.24) is 15.1 Å². The number of nitrogens with zero attached hydrogens (tertiary/aromatic N) is 2. The molecule has 0 saturated heterocycles. The van der Waals surface area contributed by atoms with Crippen LogP contribution in [-0.2, 0) is 11.3 Å². The Morgan fingerprint density at radius 2 is 2.19 bits per heavy atom. The molecule has 1 aromatic heterocycles. The fourth-order valence-electron chi connectivity index (χ4n) is 2.28. The molecule has 0 saturated carbocycles. The maximum atomic E-state index is 5.17. The number of rotatable bonds is 7. The van der Waals surface area contributed by atoms with Crippen LogP contribution in [0.2, 0.25) is 0 Å². The normalized spacial score (nSPS) is 12.6. The molecule has 0 bridgehead atoms. The number of benzene rings is 1. The van der Waals surface area contributed by atoms with Crippen LogP contribution < -0.4 is 5.32 Å². The number of methoxy groups -OCH3 is 1. The largest absolute Gasteiger partial charge is 0.383 e. The summed E-state index contributed by atoms with van der Waals surface area (Å²) in [4.78, 5) is 0. The van der Waals surface area contributed by atoms with E-state index in [2.05, 4.69) is 61.3 Å². The molecule has 2 aromatic rings. The summed E-state index contributed by atoms with van der Waals surface area (Å²) in [5, 5.41) is 7.98. The van der Waals surface area contributed by atoms with Gasteiger partial charge in [-0.2, -0.15) is 5.10 Å². The van der Waals surface area contributed by atoms with Crippen molar-refractivity contribution >= 4 is 31.9 Å². The van der Waals surface area contributed by atoms with Gasteiger partial charge in [-0.15, -0.1) is 0 Å². The molecule has 1 heterocycles. The lowest BCUT2D eigenvalue weighted by Crippen LogP contribution is -2.26. The van der Waals surface area contributed by atoms with Crippen LogP contribution in [0.1, 0.15) is 24.2 Å². The van der Waals surface area contributed by atoms with E-state index in [0.29, 0.717) is 6.61 Å². The molecule has 6 heteroatoms. The molecule has 1 aromatic carbocycles. The fraction of sp³-hybridized carbons (Fsp3) is 0.400. The maximum absolute atomic E-state index is 5.17. The molecule has 1 atom stereocenters. The third kappa shape index (κ3) is 4.16. The lowest BCUT2D eigenvalue weighted by molar-refractivity contribution is 0.182. The highest BCUT2D eigenvalue weighted by molar-refractivity contribution is 9.10. The first-order valence-corrected chi connectivity index (χ1v) is 8.45. The number of nitrogens with one attached hydrogen (secondary N) is 1. The van der Waals surface area contributed by atoms with E-state index in [-0.39, 0.29) is 6.04 Å². The lowest BCUT2D eigenvalue weighted by Gasteiger charge is -2.21. The Labute approximate surface area is 142 Å². The Balaban J connectivity index is 2.40. The topological polar surface area (TPSA) is 39.1 Å². The quantitative estimate of drug-likeness (QED) is 0.746. The third-order valence-corrected chi connectivity index (χ3v) is 4.31. The Kier molecular flexibility index (Phi) is 6.41. The molecule has 0 aliphatic heterocycles. The Hall–Kier alpha value is -0.690. The predicted octanol–water partition coefficient (Wildman–Crippen LogP) is 3.75. The SMILES string of the molecule is CCNC(c1cccc(Br)c1)c1c(Br)cnn1CCOC. The molecule has 0 radical (unpaired) electrons. The van der Waals surface area contributed by atoms with Gasteiger partial charge in [-0.1, -0.05) is 35.0 Å². The van der Waals surface area contributed by atoms with Crippen molar-refractivity contribution in [3.05, 3.63) is 50.7 Å². The zero-order valence-electron chi connectivity index (χ0n) is 12.1. The van der Waals surface area contributed by atoms with Gasteiger partial charge >= 0.3 is 0 Å². The van der Waals surface area contributed by atoms with E-state index in [1.165, 1.54) is 5.56 Å². The van der Waals surface area contributed by atoms with Gasteiger partial charge in [-0.05, 0) is 40.2 Å². The van der Waals surface area contributed by atoms with Crippen molar-refractivity contribution in [1.29, 1.82) is 0 Å². The van der Waals surface area contributed by atoms with Crippen LogP contribution in [0.25, 0.3) is 0 Å². The minimum Gasteiger partial charge on any atom is -0.383 e. The van der Waals surface area contributed by atoms with Crippen molar-refractivity contribution in [2.24, 2.45) is 0 Å². The van der Waals surface area contributed by atoms with Crippen molar-refractivity contribution in [2.45, 2.75) is 19.5 Å². The summed E-state index contributed by atoms with van der Waals surface area (Å²) in [6, 6.07) is 8.42. The summed E-state index contributed by atoms with van der Waals surface area (Å²) in [5.74, 6) is 0. The summed E-state index contributed by atoms with van der Waals surface area (Å²) >= 11 is 7.16. The number of hydrogen-bond acceptors (Lipinski definition) is 3. The molecule has 1 unspecified atom stereocenters. The monoisotopic (exact) mass is 415 g/mol. The summed E-state index contributed by atoms with van der Waals surface area (Å²) < 4.78 is 9.23. The minimum atomic E-state index is 0.0845. The van der Waals surface area contributed by atoms with Crippen molar-refractivity contribution in [3.8, 4) is 0 Å². The third-order valence-electron chi connectivity index (χ3n) is 3.20. The molecule has 2 rings (SSSR count). The van der Waals surface area contributed by atoms with Crippen LogP contribution in [0.15, 0.2) is 39.4 Å². The van der Waals surface area contributed by atoms with Crippen LogP contribution in [-0.4, -0.2) is 30.0 Å². The first kappa shape index (κ1) is 16.7. The van der Waals surface area contributed by atoms with Crippen LogP contribution >= 0.6 is 31.9 Å². The fourth-order valence-corrected chi connectivity index (χ4v) is 3.22. The number of hydrogen-bond donors (Lipinski definition) is 1. The van der Waals surface area contributed by atoms with Gasteiger partial charge in [0.05, 0.1) is 35.6 Å². The van der Waals surface area contributed by atoms with Crippen molar-refractivity contribution in [2.75, 3.05) is 20.3 Å². The Bertz CT molecular complexity index is 586. The maximum Gasteiger partial charge on any atom is 0.0760 e. The van der Waals surface area contributed by atoms with Gasteiger partial charge in [0, 0.05) is 11.6 Å². The standard InChI is InChI=1S/C15H19Br2N3O/c1-3-18-14(11-5-4-6-12(16)9-11)15-13(17)10-19-20(15)7-8-21-2/h4-6,9-10,14,18H,3,7-8H2,1-2H3. The van der Waals surface area contributed by atoms with E-state index in [1.54, 1.807) is 7.11 Å². The zero-order chi connectivity index (χ0) is 15.2. The van der Waals surface area contributed by atoms with E-state index >= 15 is 0 Å². The molecular formula is C15H19Br2N3O. The van der Waals surface area contributed by atoms with Crippen LogP contribution in [0, 0.1) is 0 Å². The second kappa shape index (κ2) is 8.08. The van der Waals surface area contributed by atoms with Gasteiger partial charge in [0.15, 0.2) is 0 Å². The van der Waals surface area contributed by atoms with E-state index < -0.39 is 0 Å². The molecular weight excluding hydrogens is 398 g/mol. The van der Waals surface area contributed by atoms with Crippen LogP contribution in [0.3, 0.4) is 0 Å². The zero-order valence-corrected chi connectivity index (χ0v) is 15.3. The molecule has 4 nitrogen and oxygen atoms in total. The smallest absolute Gasteiger partial charge is 0.0760 e. The molecule has 0 fully saturated rings. The van der Waals surface area contributed by atoms with E-state index in [1.807, 2.05) is 23.0 Å². The van der Waals surface area contributed by atoms with Crippen LogP contribution in [0.4, 0.5) is 0 Å². The summed E-state index contributed by atoms with van der Waals surface area (Å²) in [6.45, 7) is 4.35. The number of ether oxygens (including phenoxy) is 1. The van der Waals surface area contributed by atoms with Crippen LogP contribution in [0.5, 0.6) is 0 Å². The highest BCUT2D eigenvalue weighted by Gasteiger charge is 2.21. The van der Waals surface area contributed by atoms with Crippen molar-refractivity contribution in [3.63, 3.8) is 0 Å². The highest BCUT2D eigenvalue weighted by Crippen LogP contribution is 2.30. The first-order chi connectivity index (χ1) is 10.2. The second-order valence-corrected chi connectivity index (χ2v) is 6.41. The average Bonchev–Trinajstić information content (AvgIpc) is 2.83. The minimum absolute atomic E-state index is 0.0845. The predicted molar refractivity (Wildman–Crippen MR) is 91.5 cm³/mol. The van der Waals surface area contributed by atoms with Gasteiger partial charge in [0.2, 0.25) is 0 Å². The molecule has 0 aliphatic carbocycles. The molecule has 0 aliphatic rings. The van der Waals surface area contributed by atoms with Gasteiger partial charge in [0.25, 0.3) is 0 Å². The molecule has 0 amide bonds. The second-order valence-electron chi connectivity index (χ2n) is 4.64. The summed E-state index contributed by atoms with van der Waals surface area (Å²) in [6.07, 6.45) is 1.84. The number of halogens is 2. The molecule has 0 spiro atoms. The number of aromatic nitrogens is 2. The molecule has 1 N–H and O–H groups in total. The van der Waals surface area contributed by atoms with Gasteiger partial charge in [-0.3, -0.25) is 4.68 Å². The molecule has 21 heavy (non-hydrogen) atoms. The van der Waals surface area contributed by atoms with Gasteiger partial charge < -0.3 is 10.1 Å². The lowest BCUT2D eigenvalue weighted by atomic mass is 10.0. The van der Waals surface area contributed by atoms with Gasteiger partial charge in [0.1, 0.15) is 0 Å². The van der Waals surface area contributed by atoms with E-state index in [9.17, 15) is 0 Å². The average molecular weight is 417 g/mol. The first-order valence-electron chi connectivity index (χ1n) is 6.86.